The number of aliphatic imine (C=N–C) groups is 1. The fraction of sp³-hybridized carbons (Fsp3) is 0.391. The van der Waals surface area contributed by atoms with E-state index in [-0.39, 0.29) is 11.9 Å². The molecule has 1 saturated heterocycles. The van der Waals surface area contributed by atoms with Crippen molar-refractivity contribution in [1.82, 2.24) is 16.0 Å². The van der Waals surface area contributed by atoms with Crippen LogP contribution in [0.15, 0.2) is 59.6 Å². The molecular weight excluding hydrogens is 378 g/mol. The number of nitrogens with zero attached hydrogens (tertiary/aromatic N) is 2. The molecule has 3 N–H and O–H groups in total. The Morgan fingerprint density at radius 1 is 1.13 bits per heavy atom. The van der Waals surface area contributed by atoms with Crippen LogP contribution in [0.5, 0.6) is 5.75 Å². The van der Waals surface area contributed by atoms with E-state index in [1.54, 1.807) is 14.2 Å². The maximum atomic E-state index is 12.1. The lowest BCUT2D eigenvalue weighted by Crippen LogP contribution is -2.45. The van der Waals surface area contributed by atoms with Crippen LogP contribution < -0.4 is 25.6 Å². The lowest BCUT2D eigenvalue weighted by molar-refractivity contribution is -0.121. The Morgan fingerprint density at radius 2 is 1.90 bits per heavy atom. The van der Waals surface area contributed by atoms with Crippen LogP contribution in [0.25, 0.3) is 0 Å². The van der Waals surface area contributed by atoms with Gasteiger partial charge < -0.3 is 25.6 Å². The van der Waals surface area contributed by atoms with Gasteiger partial charge in [0.25, 0.3) is 0 Å². The molecule has 1 heterocycles. The topological polar surface area (TPSA) is 78.0 Å². The molecule has 1 unspecified atom stereocenters. The normalized spacial score (nSPS) is 16.3. The van der Waals surface area contributed by atoms with Crippen LogP contribution >= 0.6 is 0 Å². The van der Waals surface area contributed by atoms with Crippen LogP contribution in [0.4, 0.5) is 5.69 Å². The van der Waals surface area contributed by atoms with Gasteiger partial charge in [-0.3, -0.25) is 9.79 Å². The van der Waals surface area contributed by atoms with Crippen molar-refractivity contribution in [3.63, 3.8) is 0 Å². The Labute approximate surface area is 178 Å². The van der Waals surface area contributed by atoms with Crippen LogP contribution in [0.3, 0.4) is 0 Å². The summed E-state index contributed by atoms with van der Waals surface area (Å²) in [5.74, 6) is 1.63. The lowest BCUT2D eigenvalue weighted by Gasteiger charge is -2.22. The number of hydrogen-bond donors (Lipinski definition) is 3. The van der Waals surface area contributed by atoms with Crippen molar-refractivity contribution >= 4 is 17.6 Å². The minimum atomic E-state index is 0.0185. The summed E-state index contributed by atoms with van der Waals surface area (Å²) in [6, 6.07) is 18.3. The maximum absolute atomic E-state index is 12.1. The largest absolute Gasteiger partial charge is 0.495 e. The minimum Gasteiger partial charge on any atom is -0.495 e. The van der Waals surface area contributed by atoms with E-state index in [0.29, 0.717) is 19.5 Å². The van der Waals surface area contributed by atoms with Crippen molar-refractivity contribution < 1.29 is 9.53 Å². The third-order valence-electron chi connectivity index (χ3n) is 5.16. The molecule has 3 rings (SSSR count). The van der Waals surface area contributed by atoms with Gasteiger partial charge in [0.2, 0.25) is 5.91 Å². The zero-order chi connectivity index (χ0) is 21.2. The van der Waals surface area contributed by atoms with Crippen LogP contribution in [-0.2, 0) is 11.3 Å². The van der Waals surface area contributed by atoms with Crippen LogP contribution in [0, 0.1) is 0 Å². The van der Waals surface area contributed by atoms with Crippen LogP contribution in [0.2, 0.25) is 0 Å². The second kappa shape index (κ2) is 11.1. The SMILES string of the molecule is CN=C(NCCC(=O)NCc1ccccc1)NC1CCN(c2ccccc2OC)C1. The number of methoxy groups -OCH3 is 1. The molecule has 0 aromatic heterocycles. The summed E-state index contributed by atoms with van der Waals surface area (Å²) in [6.45, 7) is 2.91. The first-order valence-corrected chi connectivity index (χ1v) is 10.4. The Hall–Kier alpha value is -3.22. The van der Waals surface area contributed by atoms with Crippen molar-refractivity contribution in [3.8, 4) is 5.75 Å². The van der Waals surface area contributed by atoms with E-state index in [2.05, 4.69) is 31.9 Å². The first kappa shape index (κ1) is 21.5. The van der Waals surface area contributed by atoms with Gasteiger partial charge in [0.15, 0.2) is 5.96 Å². The fourth-order valence-electron chi connectivity index (χ4n) is 3.56. The molecule has 0 spiro atoms. The minimum absolute atomic E-state index is 0.0185. The van der Waals surface area contributed by atoms with Gasteiger partial charge in [0.1, 0.15) is 5.75 Å². The van der Waals surface area contributed by atoms with E-state index >= 15 is 0 Å². The van der Waals surface area contributed by atoms with Crippen molar-refractivity contribution in [2.24, 2.45) is 4.99 Å². The molecule has 1 aliphatic rings. The average molecular weight is 410 g/mol. The molecule has 0 bridgehead atoms. The number of rotatable bonds is 8. The fourth-order valence-corrected chi connectivity index (χ4v) is 3.56. The predicted octanol–water partition coefficient (Wildman–Crippen LogP) is 2.15. The smallest absolute Gasteiger partial charge is 0.222 e. The number of nitrogens with one attached hydrogen (secondary N) is 3. The van der Waals surface area contributed by atoms with Crippen molar-refractivity contribution in [2.75, 3.05) is 38.7 Å². The van der Waals surface area contributed by atoms with Gasteiger partial charge >= 0.3 is 0 Å². The summed E-state index contributed by atoms with van der Waals surface area (Å²) in [7, 11) is 3.45. The molecule has 2 aromatic rings. The first-order valence-electron chi connectivity index (χ1n) is 10.4. The Balaban J connectivity index is 1.39. The summed E-state index contributed by atoms with van der Waals surface area (Å²) >= 11 is 0. The number of amides is 1. The van der Waals surface area contributed by atoms with E-state index in [0.717, 1.165) is 42.5 Å². The standard InChI is InChI=1S/C23H31N5O2/c1-24-23(25-14-12-22(29)26-16-18-8-4-3-5-9-18)27-19-13-15-28(17-19)20-10-6-7-11-21(20)30-2/h3-11,19H,12-17H2,1-2H3,(H,26,29)(H2,24,25,27). The van der Waals surface area contributed by atoms with Crippen LogP contribution in [0.1, 0.15) is 18.4 Å². The highest BCUT2D eigenvalue weighted by atomic mass is 16.5. The third-order valence-corrected chi connectivity index (χ3v) is 5.16. The number of guanidine groups is 1. The highest BCUT2D eigenvalue weighted by molar-refractivity contribution is 5.81. The molecule has 160 valence electrons. The summed E-state index contributed by atoms with van der Waals surface area (Å²) < 4.78 is 5.48. The van der Waals surface area contributed by atoms with E-state index in [4.69, 9.17) is 4.74 Å². The first-order chi connectivity index (χ1) is 14.7. The molecular formula is C23H31N5O2. The molecule has 1 amide bonds. The molecule has 0 radical (unpaired) electrons. The maximum Gasteiger partial charge on any atom is 0.222 e. The number of benzene rings is 2. The monoisotopic (exact) mass is 409 g/mol. The number of ether oxygens (including phenoxy) is 1. The van der Waals surface area contributed by atoms with Gasteiger partial charge in [0.05, 0.1) is 12.8 Å². The Morgan fingerprint density at radius 3 is 2.67 bits per heavy atom. The van der Waals surface area contributed by atoms with Gasteiger partial charge in [-0.15, -0.1) is 0 Å². The molecule has 2 aromatic carbocycles. The second-order valence-corrected chi connectivity index (χ2v) is 7.26. The molecule has 0 saturated carbocycles. The van der Waals surface area contributed by atoms with Gasteiger partial charge in [-0.1, -0.05) is 42.5 Å². The van der Waals surface area contributed by atoms with E-state index < -0.39 is 0 Å². The molecule has 1 atom stereocenters. The number of carbonyl (C=O) groups is 1. The molecule has 30 heavy (non-hydrogen) atoms. The third kappa shape index (κ3) is 6.14. The average Bonchev–Trinajstić information content (AvgIpc) is 3.26. The Bertz CT molecular complexity index is 840. The number of carbonyl (C=O) groups excluding carboxylic acids is 1. The highest BCUT2D eigenvalue weighted by Crippen LogP contribution is 2.30. The molecule has 1 aliphatic heterocycles. The number of anilines is 1. The molecule has 7 nitrogen and oxygen atoms in total. The van der Waals surface area contributed by atoms with E-state index in [9.17, 15) is 4.79 Å². The van der Waals surface area contributed by atoms with E-state index in [1.165, 1.54) is 0 Å². The second-order valence-electron chi connectivity index (χ2n) is 7.26. The number of para-hydroxylation sites is 2. The molecule has 0 aliphatic carbocycles. The summed E-state index contributed by atoms with van der Waals surface area (Å²) in [5, 5.41) is 9.64. The molecule has 7 heteroatoms. The van der Waals surface area contributed by atoms with Gasteiger partial charge in [-0.2, -0.15) is 0 Å². The van der Waals surface area contributed by atoms with E-state index in [1.807, 2.05) is 48.5 Å². The number of hydrogen-bond acceptors (Lipinski definition) is 4. The predicted molar refractivity (Wildman–Crippen MR) is 121 cm³/mol. The molecule has 1 fully saturated rings. The zero-order valence-corrected chi connectivity index (χ0v) is 17.7. The van der Waals surface area contributed by atoms with Gasteiger partial charge in [0, 0.05) is 45.7 Å². The summed E-state index contributed by atoms with van der Waals surface area (Å²) in [4.78, 5) is 18.7. The van der Waals surface area contributed by atoms with Crippen molar-refractivity contribution in [2.45, 2.75) is 25.4 Å². The zero-order valence-electron chi connectivity index (χ0n) is 17.7. The van der Waals surface area contributed by atoms with Crippen molar-refractivity contribution in [1.29, 1.82) is 0 Å². The summed E-state index contributed by atoms with van der Waals surface area (Å²) in [6.07, 6.45) is 1.40. The Kier molecular flexibility index (Phi) is 7.94. The van der Waals surface area contributed by atoms with Crippen LogP contribution in [-0.4, -0.2) is 51.7 Å². The van der Waals surface area contributed by atoms with Gasteiger partial charge in [-0.05, 0) is 24.1 Å². The lowest BCUT2D eigenvalue weighted by atomic mass is 10.2. The quantitative estimate of drug-likeness (QED) is 0.460. The van der Waals surface area contributed by atoms with Crippen molar-refractivity contribution in [3.05, 3.63) is 60.2 Å². The summed E-state index contributed by atoms with van der Waals surface area (Å²) in [5.41, 5.74) is 2.21. The highest BCUT2D eigenvalue weighted by Gasteiger charge is 2.25. The van der Waals surface area contributed by atoms with Gasteiger partial charge in [-0.25, -0.2) is 0 Å².